The molecule has 0 aliphatic heterocycles. The highest BCUT2D eigenvalue weighted by Crippen LogP contribution is 2.51. The average molecular weight is 354 g/mol. The molecule has 1 saturated carbocycles. The molecule has 0 spiro atoms. The minimum absolute atomic E-state index is 0.120. The Morgan fingerprint density at radius 1 is 1.29 bits per heavy atom. The zero-order valence-corrected chi connectivity index (χ0v) is 15.1. The summed E-state index contributed by atoms with van der Waals surface area (Å²) in [5.41, 5.74) is 8.22. The van der Waals surface area contributed by atoms with Gasteiger partial charge in [0.25, 0.3) is 0 Å². The van der Waals surface area contributed by atoms with E-state index in [9.17, 15) is 0 Å². The molecule has 1 atom stereocenters. The molecule has 0 amide bonds. The molecule has 0 heterocycles. The molecule has 21 heavy (non-hydrogen) atoms. The van der Waals surface area contributed by atoms with Crippen LogP contribution in [0.2, 0.25) is 0 Å². The van der Waals surface area contributed by atoms with Crippen molar-refractivity contribution in [2.75, 3.05) is 6.61 Å². The van der Waals surface area contributed by atoms with E-state index in [2.05, 4.69) is 41.9 Å². The number of hydrogen-bond acceptors (Lipinski definition) is 2. The largest absolute Gasteiger partial charge is 0.493 e. The van der Waals surface area contributed by atoms with E-state index in [-0.39, 0.29) is 11.5 Å². The Labute approximate surface area is 137 Å². The maximum atomic E-state index is 6.71. The Balaban J connectivity index is 2.24. The van der Waals surface area contributed by atoms with Gasteiger partial charge in [0.05, 0.1) is 11.1 Å². The SMILES string of the molecule is CCOc1ccc(C(N)C2(CC(C)C)CCCC2)cc1Br. The monoisotopic (exact) mass is 353 g/mol. The van der Waals surface area contributed by atoms with Gasteiger partial charge in [0.2, 0.25) is 0 Å². The molecule has 0 radical (unpaired) electrons. The van der Waals surface area contributed by atoms with Crippen LogP contribution in [0, 0.1) is 11.3 Å². The molecule has 1 fully saturated rings. The summed E-state index contributed by atoms with van der Waals surface area (Å²) >= 11 is 3.61. The Bertz CT molecular complexity index is 466. The van der Waals surface area contributed by atoms with Gasteiger partial charge < -0.3 is 10.5 Å². The van der Waals surface area contributed by atoms with E-state index in [1.807, 2.05) is 13.0 Å². The van der Waals surface area contributed by atoms with Crippen molar-refractivity contribution in [2.24, 2.45) is 17.1 Å². The van der Waals surface area contributed by atoms with Crippen molar-refractivity contribution in [1.29, 1.82) is 0 Å². The van der Waals surface area contributed by atoms with E-state index in [4.69, 9.17) is 10.5 Å². The van der Waals surface area contributed by atoms with Crippen LogP contribution in [0.4, 0.5) is 0 Å². The molecule has 1 aliphatic carbocycles. The first-order valence-corrected chi connectivity index (χ1v) is 8.95. The highest BCUT2D eigenvalue weighted by Gasteiger charge is 2.40. The number of hydrogen-bond donors (Lipinski definition) is 1. The Morgan fingerprint density at radius 3 is 2.48 bits per heavy atom. The van der Waals surface area contributed by atoms with Crippen molar-refractivity contribution in [3.63, 3.8) is 0 Å². The van der Waals surface area contributed by atoms with Gasteiger partial charge in [-0.2, -0.15) is 0 Å². The molecular formula is C18H28BrNO. The Hall–Kier alpha value is -0.540. The first-order valence-electron chi connectivity index (χ1n) is 8.16. The molecule has 0 aromatic heterocycles. The lowest BCUT2D eigenvalue weighted by molar-refractivity contribution is 0.183. The second kappa shape index (κ2) is 7.15. The fourth-order valence-corrected chi connectivity index (χ4v) is 4.38. The summed E-state index contributed by atoms with van der Waals surface area (Å²) in [6.07, 6.45) is 6.38. The molecule has 2 nitrogen and oxygen atoms in total. The first kappa shape index (κ1) is 16.8. The zero-order valence-electron chi connectivity index (χ0n) is 13.5. The Morgan fingerprint density at radius 2 is 1.95 bits per heavy atom. The Kier molecular flexibility index (Phi) is 5.73. The van der Waals surface area contributed by atoms with Crippen molar-refractivity contribution in [1.82, 2.24) is 0 Å². The van der Waals surface area contributed by atoms with Crippen molar-refractivity contribution >= 4 is 15.9 Å². The molecule has 1 aromatic carbocycles. The summed E-state index contributed by atoms with van der Waals surface area (Å²) in [6.45, 7) is 7.30. The van der Waals surface area contributed by atoms with Gasteiger partial charge >= 0.3 is 0 Å². The van der Waals surface area contributed by atoms with Gasteiger partial charge in [-0.05, 0) is 71.1 Å². The number of rotatable bonds is 6. The summed E-state index contributed by atoms with van der Waals surface area (Å²) < 4.78 is 6.61. The molecular weight excluding hydrogens is 326 g/mol. The van der Waals surface area contributed by atoms with E-state index < -0.39 is 0 Å². The predicted octanol–water partition coefficient (Wildman–Crippen LogP) is 5.45. The summed E-state index contributed by atoms with van der Waals surface area (Å²) in [5.74, 6) is 1.60. The first-order chi connectivity index (χ1) is 9.98. The highest BCUT2D eigenvalue weighted by atomic mass is 79.9. The minimum atomic E-state index is 0.120. The second-order valence-corrected chi connectivity index (χ2v) is 7.62. The summed E-state index contributed by atoms with van der Waals surface area (Å²) in [5, 5.41) is 0. The third-order valence-corrected chi connectivity index (χ3v) is 5.31. The van der Waals surface area contributed by atoms with E-state index >= 15 is 0 Å². The third-order valence-electron chi connectivity index (χ3n) is 4.69. The van der Waals surface area contributed by atoms with Crippen molar-refractivity contribution < 1.29 is 4.74 Å². The number of ether oxygens (including phenoxy) is 1. The van der Waals surface area contributed by atoms with Gasteiger partial charge in [-0.25, -0.2) is 0 Å². The van der Waals surface area contributed by atoms with Crippen LogP contribution in [0.5, 0.6) is 5.75 Å². The molecule has 0 bridgehead atoms. The van der Waals surface area contributed by atoms with Crippen LogP contribution >= 0.6 is 15.9 Å². The number of halogens is 1. The molecule has 1 unspecified atom stereocenters. The molecule has 0 saturated heterocycles. The van der Waals surface area contributed by atoms with Crippen molar-refractivity contribution in [3.8, 4) is 5.75 Å². The van der Waals surface area contributed by atoms with Gasteiger partial charge in [-0.1, -0.05) is 32.8 Å². The maximum Gasteiger partial charge on any atom is 0.133 e. The number of benzene rings is 1. The standard InChI is InChI=1S/C18H28BrNO/c1-4-21-16-8-7-14(11-15(16)19)17(20)18(12-13(2)3)9-5-6-10-18/h7-8,11,13,17H,4-6,9-10,12,20H2,1-3H3. The van der Waals surface area contributed by atoms with E-state index in [0.717, 1.165) is 10.2 Å². The molecule has 1 aliphatic rings. The lowest BCUT2D eigenvalue weighted by Gasteiger charge is -2.37. The van der Waals surface area contributed by atoms with Crippen molar-refractivity contribution in [3.05, 3.63) is 28.2 Å². The zero-order chi connectivity index (χ0) is 15.5. The van der Waals surface area contributed by atoms with Crippen LogP contribution in [-0.2, 0) is 0 Å². The van der Waals surface area contributed by atoms with Crippen LogP contribution < -0.4 is 10.5 Å². The van der Waals surface area contributed by atoms with E-state index in [1.54, 1.807) is 0 Å². The fourth-order valence-electron chi connectivity index (χ4n) is 3.87. The van der Waals surface area contributed by atoms with Crippen LogP contribution in [0.25, 0.3) is 0 Å². The molecule has 2 N–H and O–H groups in total. The highest BCUT2D eigenvalue weighted by molar-refractivity contribution is 9.10. The van der Waals surface area contributed by atoms with Crippen LogP contribution in [0.15, 0.2) is 22.7 Å². The molecule has 118 valence electrons. The van der Waals surface area contributed by atoms with Crippen LogP contribution in [0.1, 0.15) is 64.5 Å². The maximum absolute atomic E-state index is 6.71. The lowest BCUT2D eigenvalue weighted by atomic mass is 9.71. The average Bonchev–Trinajstić information content (AvgIpc) is 2.89. The second-order valence-electron chi connectivity index (χ2n) is 6.77. The lowest BCUT2D eigenvalue weighted by Crippen LogP contribution is -2.33. The van der Waals surface area contributed by atoms with Crippen molar-refractivity contribution in [2.45, 2.75) is 58.9 Å². The summed E-state index contributed by atoms with van der Waals surface area (Å²) in [7, 11) is 0. The van der Waals surface area contributed by atoms with Gasteiger partial charge in [-0.15, -0.1) is 0 Å². The van der Waals surface area contributed by atoms with Gasteiger partial charge in [-0.3, -0.25) is 0 Å². The van der Waals surface area contributed by atoms with Gasteiger partial charge in [0.1, 0.15) is 5.75 Å². The van der Waals surface area contributed by atoms with Crippen LogP contribution in [-0.4, -0.2) is 6.61 Å². The van der Waals surface area contributed by atoms with E-state index in [1.165, 1.54) is 37.7 Å². The smallest absolute Gasteiger partial charge is 0.133 e. The minimum Gasteiger partial charge on any atom is -0.493 e. The normalized spacial score (nSPS) is 19.0. The molecule has 3 heteroatoms. The van der Waals surface area contributed by atoms with Gasteiger partial charge in [0, 0.05) is 6.04 Å². The summed E-state index contributed by atoms with van der Waals surface area (Å²) in [4.78, 5) is 0. The quantitative estimate of drug-likeness (QED) is 0.737. The number of nitrogens with two attached hydrogens (primary N) is 1. The van der Waals surface area contributed by atoms with Gasteiger partial charge in [0.15, 0.2) is 0 Å². The topological polar surface area (TPSA) is 35.2 Å². The predicted molar refractivity (Wildman–Crippen MR) is 92.6 cm³/mol. The summed E-state index contributed by atoms with van der Waals surface area (Å²) in [6, 6.07) is 6.45. The fraction of sp³-hybridized carbons (Fsp3) is 0.667. The molecule has 2 rings (SSSR count). The van der Waals surface area contributed by atoms with E-state index in [0.29, 0.717) is 12.5 Å². The third kappa shape index (κ3) is 3.81. The molecule has 1 aromatic rings. The van der Waals surface area contributed by atoms with Crippen LogP contribution in [0.3, 0.4) is 0 Å².